The van der Waals surface area contributed by atoms with Crippen LogP contribution in [0.25, 0.3) is 0 Å². The highest BCUT2D eigenvalue weighted by Gasteiger charge is 2.71. The molecular weight excluding hydrogens is 586 g/mol. The monoisotopic (exact) mass is 626 g/mol. The van der Waals surface area contributed by atoms with E-state index in [1.54, 1.807) is 46.4 Å². The quantitative estimate of drug-likeness (QED) is 0.319. The van der Waals surface area contributed by atoms with E-state index in [0.29, 0.717) is 25.0 Å². The van der Waals surface area contributed by atoms with Gasteiger partial charge < -0.3 is 29.1 Å². The first-order valence-electron chi connectivity index (χ1n) is 14.0. The Balaban J connectivity index is 2.01. The Kier molecular flexibility index (Phi) is 9.68. The van der Waals surface area contributed by atoms with E-state index in [1.165, 1.54) is 4.90 Å². The number of hydrogen-bond donors (Lipinski definition) is 1. The molecule has 1 aromatic rings. The number of benzene rings is 1. The Labute approximate surface area is 247 Å². The Morgan fingerprint density at radius 3 is 1.86 bits per heavy atom. The molecule has 1 aromatic carbocycles. The van der Waals surface area contributed by atoms with Crippen LogP contribution in [-0.4, -0.2) is 84.5 Å². The van der Waals surface area contributed by atoms with E-state index < -0.39 is 58.2 Å². The van der Waals surface area contributed by atoms with Crippen molar-refractivity contribution in [2.75, 3.05) is 37.7 Å². The van der Waals surface area contributed by atoms with Crippen LogP contribution >= 0.6 is 0 Å². The summed E-state index contributed by atoms with van der Waals surface area (Å²) in [4.78, 5) is 29.7. The number of ether oxygens (including phenoxy) is 3. The van der Waals surface area contributed by atoms with E-state index in [-0.39, 0.29) is 45.0 Å². The van der Waals surface area contributed by atoms with Gasteiger partial charge in [-0.3, -0.25) is 4.79 Å². The van der Waals surface area contributed by atoms with Crippen molar-refractivity contribution in [3.63, 3.8) is 0 Å². The van der Waals surface area contributed by atoms with Crippen LogP contribution in [0.5, 0.6) is 0 Å². The molecule has 14 heteroatoms. The van der Waals surface area contributed by atoms with Crippen LogP contribution in [0, 0.1) is 5.41 Å². The summed E-state index contributed by atoms with van der Waals surface area (Å²) in [6, 6.07) is 2.72. The summed E-state index contributed by atoms with van der Waals surface area (Å²) in [5.41, 5.74) is -8.77. The maximum absolute atomic E-state index is 13.6. The summed E-state index contributed by atoms with van der Waals surface area (Å²) in [6.07, 6.45) is -11.8. The number of anilines is 1. The molecule has 3 rings (SSSR count). The number of rotatable bonds is 5. The molecule has 0 aromatic heterocycles. The van der Waals surface area contributed by atoms with Crippen LogP contribution in [0.2, 0.25) is 0 Å². The number of nitrogens with zero attached hydrogens (tertiary/aromatic N) is 2. The Morgan fingerprint density at radius 1 is 0.884 bits per heavy atom. The summed E-state index contributed by atoms with van der Waals surface area (Å²) >= 11 is 0. The van der Waals surface area contributed by atoms with Gasteiger partial charge in [-0.2, -0.15) is 26.3 Å². The van der Waals surface area contributed by atoms with Gasteiger partial charge in [0.1, 0.15) is 11.2 Å². The van der Waals surface area contributed by atoms with Crippen molar-refractivity contribution in [3.8, 4) is 0 Å². The molecule has 1 N–H and O–H groups in total. The molecule has 2 aliphatic rings. The van der Waals surface area contributed by atoms with Gasteiger partial charge in [-0.05, 0) is 72.9 Å². The number of carbonyl (C=O) groups excluding carboxylic acids is 2. The van der Waals surface area contributed by atoms with Crippen molar-refractivity contribution < 1.29 is 55.2 Å². The molecule has 2 fully saturated rings. The lowest BCUT2D eigenvalue weighted by molar-refractivity contribution is -0.376. The number of aliphatic hydroxyl groups is 1. The van der Waals surface area contributed by atoms with Crippen molar-refractivity contribution in [2.45, 2.75) is 96.0 Å². The molecule has 2 saturated heterocycles. The van der Waals surface area contributed by atoms with E-state index in [2.05, 4.69) is 0 Å². The van der Waals surface area contributed by atoms with Crippen LogP contribution < -0.4 is 4.90 Å². The summed E-state index contributed by atoms with van der Waals surface area (Å²) in [7, 11) is 0. The fourth-order valence-electron chi connectivity index (χ4n) is 5.34. The second-order valence-corrected chi connectivity index (χ2v) is 13.1. The number of halogens is 6. The van der Waals surface area contributed by atoms with Crippen molar-refractivity contribution in [1.82, 2.24) is 4.90 Å². The van der Waals surface area contributed by atoms with Gasteiger partial charge in [0.05, 0.1) is 5.41 Å². The molecular formula is C29H40F6N2O6. The van der Waals surface area contributed by atoms with Gasteiger partial charge in [-0.25, -0.2) is 4.79 Å². The average Bonchev–Trinajstić information content (AvgIpc) is 2.85. The molecule has 0 bridgehead atoms. The maximum atomic E-state index is 13.6. The van der Waals surface area contributed by atoms with Gasteiger partial charge in [0.25, 0.3) is 5.60 Å². The van der Waals surface area contributed by atoms with Crippen molar-refractivity contribution in [2.24, 2.45) is 5.41 Å². The smallest absolute Gasteiger partial charge is 0.430 e. The Morgan fingerprint density at radius 2 is 1.40 bits per heavy atom. The molecule has 1 amide bonds. The number of alkyl halides is 6. The lowest BCUT2D eigenvalue weighted by Gasteiger charge is -2.47. The van der Waals surface area contributed by atoms with Crippen LogP contribution in [-0.2, 0) is 24.6 Å². The third-order valence-corrected chi connectivity index (χ3v) is 7.48. The van der Waals surface area contributed by atoms with Gasteiger partial charge in [0.2, 0.25) is 0 Å². The molecule has 244 valence electrons. The summed E-state index contributed by atoms with van der Waals surface area (Å²) in [5.74, 6) is -0.451. The third-order valence-electron chi connectivity index (χ3n) is 7.48. The van der Waals surface area contributed by atoms with Gasteiger partial charge >= 0.3 is 24.4 Å². The maximum Gasteiger partial charge on any atom is 0.430 e. The standard InChI is InChI=1S/C29H40F6N2O6/c1-24(2,3)42-22(38)26(11-15-41-16-12-26)17-21-18-36(23(39)43-25(4,5)6)13-14-37(21)20-9-7-19(8-10-20)27(40,28(30,31)32)29(33,34)35/h7-10,21,40H,11-18H2,1-6H3/t21-/m0/s1. The molecule has 0 unspecified atom stereocenters. The minimum Gasteiger partial charge on any atom is -0.460 e. The summed E-state index contributed by atoms with van der Waals surface area (Å²) in [6.45, 7) is 11.3. The van der Waals surface area contributed by atoms with Crippen molar-refractivity contribution >= 4 is 17.7 Å². The van der Waals surface area contributed by atoms with E-state index in [0.717, 1.165) is 12.1 Å². The van der Waals surface area contributed by atoms with Crippen molar-refractivity contribution in [1.29, 1.82) is 0 Å². The van der Waals surface area contributed by atoms with E-state index in [1.807, 2.05) is 0 Å². The zero-order valence-electron chi connectivity index (χ0n) is 25.2. The first-order valence-corrected chi connectivity index (χ1v) is 14.0. The van der Waals surface area contributed by atoms with E-state index >= 15 is 0 Å². The number of esters is 1. The zero-order chi connectivity index (χ0) is 32.6. The van der Waals surface area contributed by atoms with Gasteiger partial charge in [0, 0.05) is 50.1 Å². The highest BCUT2D eigenvalue weighted by Crippen LogP contribution is 2.50. The first-order chi connectivity index (χ1) is 19.5. The number of carbonyl (C=O) groups is 2. The zero-order valence-corrected chi connectivity index (χ0v) is 25.2. The fourth-order valence-corrected chi connectivity index (χ4v) is 5.34. The van der Waals surface area contributed by atoms with Crippen LogP contribution in [0.4, 0.5) is 36.8 Å². The highest BCUT2D eigenvalue weighted by molar-refractivity contribution is 5.78. The predicted octanol–water partition coefficient (Wildman–Crippen LogP) is 5.95. The van der Waals surface area contributed by atoms with E-state index in [4.69, 9.17) is 14.2 Å². The highest BCUT2D eigenvalue weighted by atomic mass is 19.4. The molecule has 0 radical (unpaired) electrons. The molecule has 2 aliphatic heterocycles. The topological polar surface area (TPSA) is 88.5 Å². The molecule has 43 heavy (non-hydrogen) atoms. The minimum absolute atomic E-state index is 0.0666. The predicted molar refractivity (Wildman–Crippen MR) is 144 cm³/mol. The second kappa shape index (κ2) is 12.0. The Hall–Kier alpha value is -2.74. The Bertz CT molecular complexity index is 1120. The molecule has 0 aliphatic carbocycles. The van der Waals surface area contributed by atoms with Crippen LogP contribution in [0.1, 0.15) is 66.4 Å². The number of amides is 1. The van der Waals surface area contributed by atoms with Gasteiger partial charge in [-0.1, -0.05) is 12.1 Å². The molecule has 0 spiro atoms. The normalized spacial score (nSPS) is 20.5. The van der Waals surface area contributed by atoms with Gasteiger partial charge in [-0.15, -0.1) is 0 Å². The fraction of sp³-hybridized carbons (Fsp3) is 0.724. The molecule has 2 heterocycles. The third kappa shape index (κ3) is 7.86. The molecule has 1 atom stereocenters. The molecule has 8 nitrogen and oxygen atoms in total. The average molecular weight is 627 g/mol. The summed E-state index contributed by atoms with van der Waals surface area (Å²) < 4.78 is 97.5. The number of hydrogen-bond acceptors (Lipinski definition) is 7. The second-order valence-electron chi connectivity index (χ2n) is 13.1. The van der Waals surface area contributed by atoms with E-state index in [9.17, 15) is 41.0 Å². The first kappa shape index (κ1) is 34.7. The van der Waals surface area contributed by atoms with Crippen LogP contribution in [0.15, 0.2) is 24.3 Å². The lowest BCUT2D eigenvalue weighted by Crippen LogP contribution is -2.58. The van der Waals surface area contributed by atoms with Crippen molar-refractivity contribution in [3.05, 3.63) is 29.8 Å². The van der Waals surface area contributed by atoms with Gasteiger partial charge in [0.15, 0.2) is 0 Å². The molecule has 0 saturated carbocycles. The largest absolute Gasteiger partial charge is 0.460 e. The minimum atomic E-state index is -6.02. The number of piperazine rings is 1. The summed E-state index contributed by atoms with van der Waals surface area (Å²) in [5, 5.41) is 9.82. The lowest BCUT2D eigenvalue weighted by atomic mass is 9.74. The SMILES string of the molecule is CC(C)(C)OC(=O)N1CCN(c2ccc(C(O)(C(F)(F)F)C(F)(F)F)cc2)[C@@H](CC2(C(=O)OC(C)(C)C)CCOCC2)C1. The van der Waals surface area contributed by atoms with Crippen LogP contribution in [0.3, 0.4) is 0 Å².